The van der Waals surface area contributed by atoms with E-state index in [0.717, 1.165) is 11.3 Å². The van der Waals surface area contributed by atoms with Gasteiger partial charge in [0, 0.05) is 36.8 Å². The molecule has 0 N–H and O–H groups in total. The third-order valence-electron chi connectivity index (χ3n) is 4.58. The Bertz CT molecular complexity index is 963. The van der Waals surface area contributed by atoms with E-state index in [2.05, 4.69) is 17.0 Å². The summed E-state index contributed by atoms with van der Waals surface area (Å²) in [6.45, 7) is 4.02. The molecular formula is C19H19FN4O2. The van der Waals surface area contributed by atoms with Crippen LogP contribution >= 0.6 is 0 Å². The van der Waals surface area contributed by atoms with E-state index >= 15 is 0 Å². The van der Waals surface area contributed by atoms with Crippen LogP contribution in [-0.2, 0) is 4.74 Å². The Morgan fingerprint density at radius 2 is 2.04 bits per heavy atom. The number of fused-ring (bicyclic) bond motifs is 1. The molecule has 1 aliphatic heterocycles. The van der Waals surface area contributed by atoms with Crippen molar-refractivity contribution in [3.05, 3.63) is 54.1 Å². The predicted octanol–water partition coefficient (Wildman–Crippen LogP) is 2.64. The third kappa shape index (κ3) is 2.94. The fourth-order valence-corrected chi connectivity index (χ4v) is 3.22. The average molecular weight is 354 g/mol. The number of ether oxygens (including phenoxy) is 1. The highest BCUT2D eigenvalue weighted by Gasteiger charge is 2.36. The van der Waals surface area contributed by atoms with E-state index in [4.69, 9.17) is 4.74 Å². The molecular weight excluding hydrogens is 335 g/mol. The quantitative estimate of drug-likeness (QED) is 0.723. The molecule has 0 aliphatic carbocycles. The van der Waals surface area contributed by atoms with Gasteiger partial charge in [-0.3, -0.25) is 4.79 Å². The van der Waals surface area contributed by atoms with Crippen LogP contribution in [-0.4, -0.2) is 52.2 Å². The first-order chi connectivity index (χ1) is 12.5. The molecule has 1 fully saturated rings. The first-order valence-corrected chi connectivity index (χ1v) is 8.39. The van der Waals surface area contributed by atoms with Crippen molar-refractivity contribution in [2.45, 2.75) is 6.92 Å². The summed E-state index contributed by atoms with van der Waals surface area (Å²) in [7, 11) is 1.77. The molecule has 1 aromatic carbocycles. The molecule has 0 spiro atoms. The zero-order chi connectivity index (χ0) is 18.3. The Morgan fingerprint density at radius 1 is 1.31 bits per heavy atom. The van der Waals surface area contributed by atoms with Crippen molar-refractivity contribution in [3.8, 4) is 11.3 Å². The molecule has 0 radical (unpaired) electrons. The van der Waals surface area contributed by atoms with Crippen LogP contribution in [0.5, 0.6) is 0 Å². The normalized spacial score (nSPS) is 15.7. The monoisotopic (exact) mass is 354 g/mol. The number of nitrogens with zero attached hydrogens (tertiary/aromatic N) is 4. The second kappa shape index (κ2) is 6.17. The van der Waals surface area contributed by atoms with Crippen molar-refractivity contribution < 1.29 is 13.9 Å². The van der Waals surface area contributed by atoms with Crippen molar-refractivity contribution >= 4 is 11.6 Å². The number of hydrogen-bond acceptors (Lipinski definition) is 4. The Hall–Kier alpha value is -2.80. The molecule has 1 saturated heterocycles. The summed E-state index contributed by atoms with van der Waals surface area (Å²) in [5.41, 5.74) is 2.45. The fourth-order valence-electron chi connectivity index (χ4n) is 3.22. The van der Waals surface area contributed by atoms with Gasteiger partial charge in [0.2, 0.25) is 0 Å². The van der Waals surface area contributed by atoms with Crippen LogP contribution in [0.15, 0.2) is 42.6 Å². The zero-order valence-electron chi connectivity index (χ0n) is 14.6. The van der Waals surface area contributed by atoms with Gasteiger partial charge in [-0.15, -0.1) is 0 Å². The second-order valence-corrected chi connectivity index (χ2v) is 7.10. The zero-order valence-corrected chi connectivity index (χ0v) is 14.6. The number of amides is 1. The number of benzene rings is 1. The van der Waals surface area contributed by atoms with Gasteiger partial charge in [0.1, 0.15) is 5.82 Å². The van der Waals surface area contributed by atoms with Crippen LogP contribution in [0, 0.1) is 11.2 Å². The number of carbonyl (C=O) groups excluding carboxylic acids is 1. The minimum atomic E-state index is -0.300. The lowest BCUT2D eigenvalue weighted by molar-refractivity contribution is -0.109. The summed E-state index contributed by atoms with van der Waals surface area (Å²) in [6, 6.07) is 9.61. The van der Waals surface area contributed by atoms with E-state index in [1.807, 2.05) is 0 Å². The van der Waals surface area contributed by atoms with Gasteiger partial charge in [-0.25, -0.2) is 13.9 Å². The average Bonchev–Trinajstić information content (AvgIpc) is 3.04. The van der Waals surface area contributed by atoms with Gasteiger partial charge >= 0.3 is 0 Å². The van der Waals surface area contributed by atoms with Gasteiger partial charge in [-0.2, -0.15) is 5.10 Å². The highest BCUT2D eigenvalue weighted by atomic mass is 19.1. The molecule has 7 heteroatoms. The van der Waals surface area contributed by atoms with Crippen LogP contribution in [0.1, 0.15) is 17.4 Å². The molecule has 0 bridgehead atoms. The fraction of sp³-hybridized carbons (Fsp3) is 0.316. The Kier molecular flexibility index (Phi) is 3.96. The van der Waals surface area contributed by atoms with Crippen LogP contribution in [0.2, 0.25) is 0 Å². The van der Waals surface area contributed by atoms with E-state index in [-0.39, 0.29) is 17.1 Å². The van der Waals surface area contributed by atoms with E-state index < -0.39 is 0 Å². The van der Waals surface area contributed by atoms with Crippen LogP contribution in [0.4, 0.5) is 4.39 Å². The van der Waals surface area contributed by atoms with Gasteiger partial charge in [0.05, 0.1) is 18.9 Å². The van der Waals surface area contributed by atoms with Gasteiger partial charge in [-0.05, 0) is 30.3 Å². The van der Waals surface area contributed by atoms with Crippen molar-refractivity contribution in [1.82, 2.24) is 19.5 Å². The summed E-state index contributed by atoms with van der Waals surface area (Å²) in [4.78, 5) is 18.7. The summed E-state index contributed by atoms with van der Waals surface area (Å²) in [6.07, 6.45) is 1.65. The largest absolute Gasteiger partial charge is 0.380 e. The minimum Gasteiger partial charge on any atom is -0.380 e. The van der Waals surface area contributed by atoms with Crippen LogP contribution < -0.4 is 0 Å². The highest BCUT2D eigenvalue weighted by Crippen LogP contribution is 2.28. The molecule has 0 saturated carbocycles. The maximum atomic E-state index is 13.2. The first kappa shape index (κ1) is 16.7. The van der Waals surface area contributed by atoms with Gasteiger partial charge in [0.25, 0.3) is 5.91 Å². The molecule has 1 aliphatic rings. The second-order valence-electron chi connectivity index (χ2n) is 7.10. The molecule has 6 nitrogen and oxygen atoms in total. The van der Waals surface area contributed by atoms with Gasteiger partial charge in [-0.1, -0.05) is 6.92 Å². The molecule has 4 rings (SSSR count). The molecule has 26 heavy (non-hydrogen) atoms. The van der Waals surface area contributed by atoms with Crippen molar-refractivity contribution in [2.75, 3.05) is 26.8 Å². The molecule has 0 atom stereocenters. The maximum Gasteiger partial charge on any atom is 0.274 e. The SMILES string of the molecule is CN(CC1(C)COC1)C(=O)c1cc2nccc(-c3ccc(F)cc3)n2n1. The molecule has 2 aromatic heterocycles. The third-order valence-corrected chi connectivity index (χ3v) is 4.58. The molecule has 134 valence electrons. The topological polar surface area (TPSA) is 59.7 Å². The number of rotatable bonds is 4. The molecule has 1 amide bonds. The Labute approximate surface area is 150 Å². The first-order valence-electron chi connectivity index (χ1n) is 8.39. The van der Waals surface area contributed by atoms with E-state index in [9.17, 15) is 9.18 Å². The Balaban J connectivity index is 1.66. The molecule has 3 heterocycles. The van der Waals surface area contributed by atoms with E-state index in [1.54, 1.807) is 46.9 Å². The summed E-state index contributed by atoms with van der Waals surface area (Å²) >= 11 is 0. The standard InChI is InChI=1S/C19H19FN4O2/c1-19(11-26-12-19)10-23(2)18(25)15-9-17-21-8-7-16(24(17)22-15)13-3-5-14(20)6-4-13/h3-9H,10-12H2,1-2H3. The smallest absolute Gasteiger partial charge is 0.274 e. The lowest BCUT2D eigenvalue weighted by Gasteiger charge is -2.40. The molecule has 0 unspecified atom stereocenters. The number of hydrogen-bond donors (Lipinski definition) is 0. The lowest BCUT2D eigenvalue weighted by atomic mass is 9.88. The van der Waals surface area contributed by atoms with Crippen LogP contribution in [0.3, 0.4) is 0 Å². The van der Waals surface area contributed by atoms with Crippen molar-refractivity contribution in [3.63, 3.8) is 0 Å². The van der Waals surface area contributed by atoms with Crippen molar-refractivity contribution in [1.29, 1.82) is 0 Å². The van der Waals surface area contributed by atoms with Gasteiger partial charge < -0.3 is 9.64 Å². The van der Waals surface area contributed by atoms with Gasteiger partial charge in [0.15, 0.2) is 11.3 Å². The summed E-state index contributed by atoms with van der Waals surface area (Å²) in [5.74, 6) is -0.459. The maximum absolute atomic E-state index is 13.2. The summed E-state index contributed by atoms with van der Waals surface area (Å²) < 4.78 is 20.1. The minimum absolute atomic E-state index is 0.00108. The van der Waals surface area contributed by atoms with Crippen molar-refractivity contribution in [2.24, 2.45) is 5.41 Å². The lowest BCUT2D eigenvalue weighted by Crippen LogP contribution is -2.49. The highest BCUT2D eigenvalue weighted by molar-refractivity contribution is 5.93. The van der Waals surface area contributed by atoms with E-state index in [0.29, 0.717) is 31.1 Å². The predicted molar refractivity (Wildman–Crippen MR) is 94.3 cm³/mol. The Morgan fingerprint density at radius 3 is 2.69 bits per heavy atom. The molecule has 3 aromatic rings. The number of aromatic nitrogens is 3. The summed E-state index contributed by atoms with van der Waals surface area (Å²) in [5, 5.41) is 4.44. The van der Waals surface area contributed by atoms with E-state index in [1.165, 1.54) is 12.1 Å². The number of carbonyl (C=O) groups is 1. The van der Waals surface area contributed by atoms with Crippen LogP contribution in [0.25, 0.3) is 16.9 Å². The number of halogens is 1.